The minimum atomic E-state index is -0.593. The summed E-state index contributed by atoms with van der Waals surface area (Å²) in [6.45, 7) is 2.68. The number of aryl methyl sites for hydroxylation is 2. The van der Waals surface area contributed by atoms with Gasteiger partial charge in [0.2, 0.25) is 5.88 Å². The maximum Gasteiger partial charge on any atom is 0.256 e. The topological polar surface area (TPSA) is 56.6 Å². The van der Waals surface area contributed by atoms with Crippen molar-refractivity contribution in [1.29, 1.82) is 0 Å². The fourth-order valence-electron chi connectivity index (χ4n) is 3.77. The highest BCUT2D eigenvalue weighted by molar-refractivity contribution is 5.83. The highest BCUT2D eigenvalue weighted by Gasteiger charge is 2.38. The molecule has 1 aromatic heterocycles. The van der Waals surface area contributed by atoms with Crippen molar-refractivity contribution in [3.63, 3.8) is 0 Å². The van der Waals surface area contributed by atoms with Crippen molar-refractivity contribution < 1.29 is 14.3 Å². The number of rotatable bonds is 5. The van der Waals surface area contributed by atoms with Gasteiger partial charge in [0.15, 0.2) is 6.10 Å². The normalized spacial score (nSPS) is 18.4. The maximum atomic E-state index is 13.2. The van der Waals surface area contributed by atoms with Crippen LogP contribution in [0.1, 0.15) is 41.8 Å². The lowest BCUT2D eigenvalue weighted by Crippen LogP contribution is -2.35. The molecule has 0 aliphatic carbocycles. The summed E-state index contributed by atoms with van der Waals surface area (Å²) in [6, 6.07) is 9.59. The average Bonchev–Trinajstić information content (AvgIpc) is 3.19. The summed E-state index contributed by atoms with van der Waals surface area (Å²) in [5, 5.41) is 4.47. The molecule has 2 atom stereocenters. The van der Waals surface area contributed by atoms with Crippen molar-refractivity contribution in [2.45, 2.75) is 31.9 Å². The first-order valence-corrected chi connectivity index (χ1v) is 8.54. The van der Waals surface area contributed by atoms with Gasteiger partial charge in [0.05, 0.1) is 24.4 Å². The molecule has 1 amide bonds. The molecular weight excluding hydrogens is 318 g/mol. The second-order valence-corrected chi connectivity index (χ2v) is 6.35. The number of hydrogen-bond acceptors (Lipinski definition) is 4. The van der Waals surface area contributed by atoms with Gasteiger partial charge in [-0.2, -0.15) is 5.10 Å². The zero-order valence-electron chi connectivity index (χ0n) is 15.2. The summed E-state index contributed by atoms with van der Waals surface area (Å²) in [7, 11) is 5.08. The quantitative estimate of drug-likeness (QED) is 0.838. The molecular formula is C19H25N3O3. The van der Waals surface area contributed by atoms with Crippen LogP contribution in [0.4, 0.5) is 0 Å². The van der Waals surface area contributed by atoms with Gasteiger partial charge < -0.3 is 14.4 Å². The first kappa shape index (κ1) is 17.5. The molecule has 6 heteroatoms. The molecule has 1 fully saturated rings. The standard InChI is InChI=1S/C19H25N3O3/c1-13-16(19(25-4)21(2)20-13)15-11-8-12-22(15)18(23)17(24-3)14-9-6-5-7-10-14/h5-7,9-10,15,17H,8,11-12H2,1-4H3/t15-,17+/m1/s1. The number of carbonyl (C=O) groups is 1. The first-order valence-electron chi connectivity index (χ1n) is 8.54. The Kier molecular flexibility index (Phi) is 5.08. The molecule has 3 rings (SSSR count). The summed E-state index contributed by atoms with van der Waals surface area (Å²) in [6.07, 6.45) is 1.27. The van der Waals surface area contributed by atoms with Gasteiger partial charge in [-0.1, -0.05) is 30.3 Å². The van der Waals surface area contributed by atoms with Crippen molar-refractivity contribution in [3.8, 4) is 5.88 Å². The number of hydrogen-bond donors (Lipinski definition) is 0. The lowest BCUT2D eigenvalue weighted by atomic mass is 10.0. The summed E-state index contributed by atoms with van der Waals surface area (Å²) in [4.78, 5) is 15.1. The lowest BCUT2D eigenvalue weighted by Gasteiger charge is -2.29. The third-order valence-electron chi connectivity index (χ3n) is 4.84. The number of methoxy groups -OCH3 is 2. The van der Waals surface area contributed by atoms with Gasteiger partial charge in [0.25, 0.3) is 5.91 Å². The van der Waals surface area contributed by atoms with E-state index < -0.39 is 6.10 Å². The number of amides is 1. The highest BCUT2D eigenvalue weighted by Crippen LogP contribution is 2.40. The van der Waals surface area contributed by atoms with Gasteiger partial charge in [0, 0.05) is 20.7 Å². The van der Waals surface area contributed by atoms with Crippen LogP contribution in [0, 0.1) is 6.92 Å². The number of ether oxygens (including phenoxy) is 2. The van der Waals surface area contributed by atoms with E-state index in [-0.39, 0.29) is 11.9 Å². The summed E-state index contributed by atoms with van der Waals surface area (Å²) >= 11 is 0. The Morgan fingerprint density at radius 2 is 2.00 bits per heavy atom. The van der Waals surface area contributed by atoms with Crippen molar-refractivity contribution in [1.82, 2.24) is 14.7 Å². The predicted octanol–water partition coefficient (Wildman–Crippen LogP) is 2.79. The van der Waals surface area contributed by atoms with Gasteiger partial charge in [-0.25, -0.2) is 4.68 Å². The van der Waals surface area contributed by atoms with Crippen LogP contribution in [0.25, 0.3) is 0 Å². The Bertz CT molecular complexity index is 742. The number of likely N-dealkylation sites (tertiary alicyclic amines) is 1. The molecule has 2 heterocycles. The molecule has 25 heavy (non-hydrogen) atoms. The zero-order chi connectivity index (χ0) is 18.0. The molecule has 1 aliphatic heterocycles. The third-order valence-corrected chi connectivity index (χ3v) is 4.84. The molecule has 0 radical (unpaired) electrons. The molecule has 134 valence electrons. The minimum Gasteiger partial charge on any atom is -0.481 e. The van der Waals surface area contributed by atoms with E-state index >= 15 is 0 Å². The SMILES string of the molecule is COc1c([C@H]2CCCN2C(=O)[C@@H](OC)c2ccccc2)c(C)nn1C. The van der Waals surface area contributed by atoms with Crippen LogP contribution in [0.5, 0.6) is 5.88 Å². The predicted molar refractivity (Wildman–Crippen MR) is 94.4 cm³/mol. The van der Waals surface area contributed by atoms with Crippen LogP contribution in [0.3, 0.4) is 0 Å². The summed E-state index contributed by atoms with van der Waals surface area (Å²) < 4.78 is 12.8. The van der Waals surface area contributed by atoms with Gasteiger partial charge in [-0.05, 0) is 25.3 Å². The molecule has 0 spiro atoms. The smallest absolute Gasteiger partial charge is 0.256 e. The van der Waals surface area contributed by atoms with Crippen LogP contribution in [0.2, 0.25) is 0 Å². The van der Waals surface area contributed by atoms with E-state index in [4.69, 9.17) is 9.47 Å². The monoisotopic (exact) mass is 343 g/mol. The van der Waals surface area contributed by atoms with Crippen LogP contribution >= 0.6 is 0 Å². The fraction of sp³-hybridized carbons (Fsp3) is 0.474. The average molecular weight is 343 g/mol. The number of carbonyl (C=O) groups excluding carboxylic acids is 1. The molecule has 1 aliphatic rings. The fourth-order valence-corrected chi connectivity index (χ4v) is 3.77. The van der Waals surface area contributed by atoms with Gasteiger partial charge in [-0.15, -0.1) is 0 Å². The van der Waals surface area contributed by atoms with E-state index in [1.807, 2.05) is 49.2 Å². The van der Waals surface area contributed by atoms with E-state index in [0.717, 1.165) is 35.5 Å². The Balaban J connectivity index is 1.93. The van der Waals surface area contributed by atoms with Crippen molar-refractivity contribution >= 4 is 5.91 Å². The Morgan fingerprint density at radius 3 is 2.64 bits per heavy atom. The highest BCUT2D eigenvalue weighted by atomic mass is 16.5. The van der Waals surface area contributed by atoms with Gasteiger partial charge >= 0.3 is 0 Å². The van der Waals surface area contributed by atoms with E-state index in [0.29, 0.717) is 6.54 Å². The molecule has 0 N–H and O–H groups in total. The second kappa shape index (κ2) is 7.27. The summed E-state index contributed by atoms with van der Waals surface area (Å²) in [5.74, 6) is 0.706. The van der Waals surface area contributed by atoms with Crippen LogP contribution in [0.15, 0.2) is 30.3 Å². The van der Waals surface area contributed by atoms with Crippen LogP contribution in [-0.4, -0.2) is 41.4 Å². The van der Waals surface area contributed by atoms with Crippen LogP contribution < -0.4 is 4.74 Å². The minimum absolute atomic E-state index is 0.0125. The lowest BCUT2D eigenvalue weighted by molar-refractivity contribution is -0.143. The van der Waals surface area contributed by atoms with Gasteiger partial charge in [0.1, 0.15) is 0 Å². The molecule has 1 aromatic carbocycles. The number of nitrogens with zero attached hydrogens (tertiary/aromatic N) is 3. The van der Waals surface area contributed by atoms with E-state index in [2.05, 4.69) is 5.10 Å². The zero-order valence-corrected chi connectivity index (χ0v) is 15.2. The third kappa shape index (κ3) is 3.14. The molecule has 1 saturated heterocycles. The number of benzene rings is 1. The van der Waals surface area contributed by atoms with E-state index in [1.165, 1.54) is 0 Å². The Labute approximate surface area is 148 Å². The Hall–Kier alpha value is -2.34. The maximum absolute atomic E-state index is 13.2. The van der Waals surface area contributed by atoms with Crippen LogP contribution in [-0.2, 0) is 16.6 Å². The van der Waals surface area contributed by atoms with Crippen molar-refractivity contribution in [2.75, 3.05) is 20.8 Å². The Morgan fingerprint density at radius 1 is 1.28 bits per heavy atom. The van der Waals surface area contributed by atoms with Crippen molar-refractivity contribution in [2.24, 2.45) is 7.05 Å². The second-order valence-electron chi connectivity index (χ2n) is 6.35. The van der Waals surface area contributed by atoms with Gasteiger partial charge in [-0.3, -0.25) is 4.79 Å². The first-order chi connectivity index (χ1) is 12.1. The number of aromatic nitrogens is 2. The largest absolute Gasteiger partial charge is 0.481 e. The molecule has 0 unspecified atom stereocenters. The summed E-state index contributed by atoms with van der Waals surface area (Å²) in [5.41, 5.74) is 2.77. The van der Waals surface area contributed by atoms with Crippen molar-refractivity contribution in [3.05, 3.63) is 47.2 Å². The molecule has 0 saturated carbocycles. The molecule has 0 bridgehead atoms. The van der Waals surface area contributed by atoms with E-state index in [1.54, 1.807) is 18.9 Å². The molecule has 2 aromatic rings. The van der Waals surface area contributed by atoms with E-state index in [9.17, 15) is 4.79 Å². The molecule has 6 nitrogen and oxygen atoms in total.